The highest BCUT2D eigenvalue weighted by atomic mass is 79.9. The van der Waals surface area contributed by atoms with E-state index in [1.54, 1.807) is 12.1 Å². The summed E-state index contributed by atoms with van der Waals surface area (Å²) in [5, 5.41) is 3.20. The highest BCUT2D eigenvalue weighted by molar-refractivity contribution is 9.10. The van der Waals surface area contributed by atoms with E-state index in [2.05, 4.69) is 21.2 Å². The van der Waals surface area contributed by atoms with Crippen LogP contribution in [0.4, 0.5) is 8.78 Å². The Morgan fingerprint density at radius 1 is 1.15 bits per heavy atom. The molecule has 0 bridgehead atoms. The van der Waals surface area contributed by atoms with Gasteiger partial charge in [-0.1, -0.05) is 35.0 Å². The lowest BCUT2D eigenvalue weighted by Gasteiger charge is -2.09. The van der Waals surface area contributed by atoms with Gasteiger partial charge in [-0.2, -0.15) is 4.39 Å². The van der Waals surface area contributed by atoms with Gasteiger partial charge in [0.05, 0.1) is 0 Å². The number of nitrogens with one attached hydrogen (secondary N) is 1. The zero-order valence-corrected chi connectivity index (χ0v) is 12.5. The maximum absolute atomic E-state index is 13.6. The lowest BCUT2D eigenvalue weighted by atomic mass is 10.2. The van der Waals surface area contributed by atoms with Crippen LogP contribution in [0.3, 0.4) is 0 Å². The van der Waals surface area contributed by atoms with Gasteiger partial charge < -0.3 is 10.1 Å². The smallest absolute Gasteiger partial charge is 0.201 e. The number of benzene rings is 2. The monoisotopic (exact) mass is 341 g/mol. The van der Waals surface area contributed by atoms with Crippen LogP contribution in [0.15, 0.2) is 40.9 Å². The maximum Gasteiger partial charge on any atom is 0.201 e. The van der Waals surface area contributed by atoms with Gasteiger partial charge in [0.25, 0.3) is 0 Å². The summed E-state index contributed by atoms with van der Waals surface area (Å²) >= 11 is 3.11. The van der Waals surface area contributed by atoms with Crippen molar-refractivity contribution in [2.45, 2.75) is 13.5 Å². The van der Waals surface area contributed by atoms with Crippen LogP contribution in [-0.4, -0.2) is 6.54 Å². The first-order chi connectivity index (χ1) is 9.60. The molecule has 0 fully saturated rings. The Bertz CT molecular complexity index is 587. The highest BCUT2D eigenvalue weighted by Gasteiger charge is 2.12. The molecule has 0 amide bonds. The van der Waals surface area contributed by atoms with Crippen molar-refractivity contribution in [2.24, 2.45) is 0 Å². The van der Waals surface area contributed by atoms with Crippen LogP contribution in [0.1, 0.15) is 12.5 Å². The zero-order valence-electron chi connectivity index (χ0n) is 10.9. The molecule has 0 saturated carbocycles. The average Bonchev–Trinajstić information content (AvgIpc) is 2.43. The SMILES string of the molecule is CCNCc1ccc(Oc2cc(Br)cc(F)c2F)cc1. The van der Waals surface area contributed by atoms with E-state index in [1.807, 2.05) is 19.1 Å². The molecule has 2 aromatic rings. The Kier molecular flexibility index (Phi) is 5.09. The van der Waals surface area contributed by atoms with Gasteiger partial charge >= 0.3 is 0 Å². The van der Waals surface area contributed by atoms with Gasteiger partial charge in [-0.15, -0.1) is 0 Å². The van der Waals surface area contributed by atoms with E-state index in [0.717, 1.165) is 24.7 Å². The zero-order chi connectivity index (χ0) is 14.5. The number of rotatable bonds is 5. The molecule has 5 heteroatoms. The first-order valence-electron chi connectivity index (χ1n) is 6.22. The Labute approximate surface area is 124 Å². The molecule has 0 saturated heterocycles. The van der Waals surface area contributed by atoms with Crippen LogP contribution < -0.4 is 10.1 Å². The molecule has 0 aliphatic carbocycles. The van der Waals surface area contributed by atoms with Gasteiger partial charge in [-0.05, 0) is 36.4 Å². The minimum atomic E-state index is -0.995. The van der Waals surface area contributed by atoms with Gasteiger partial charge in [0.15, 0.2) is 11.6 Å². The minimum Gasteiger partial charge on any atom is -0.454 e. The summed E-state index contributed by atoms with van der Waals surface area (Å²) in [6.45, 7) is 3.68. The fourth-order valence-corrected chi connectivity index (χ4v) is 2.09. The average molecular weight is 342 g/mol. The van der Waals surface area contributed by atoms with E-state index in [0.29, 0.717) is 10.2 Å². The quantitative estimate of drug-likeness (QED) is 0.800. The van der Waals surface area contributed by atoms with Crippen molar-refractivity contribution in [1.82, 2.24) is 5.32 Å². The predicted molar refractivity (Wildman–Crippen MR) is 78.0 cm³/mol. The molecule has 0 unspecified atom stereocenters. The van der Waals surface area contributed by atoms with E-state index in [4.69, 9.17) is 4.74 Å². The number of ether oxygens (including phenoxy) is 1. The molecule has 0 aliphatic rings. The second-order valence-corrected chi connectivity index (χ2v) is 5.14. The van der Waals surface area contributed by atoms with Gasteiger partial charge in [0.1, 0.15) is 5.75 Å². The summed E-state index contributed by atoms with van der Waals surface area (Å²) in [5.74, 6) is -1.62. The van der Waals surface area contributed by atoms with Crippen molar-refractivity contribution in [3.63, 3.8) is 0 Å². The molecular weight excluding hydrogens is 328 g/mol. The number of halogens is 3. The first kappa shape index (κ1) is 14.9. The molecule has 2 rings (SSSR count). The third-order valence-electron chi connectivity index (χ3n) is 2.69. The van der Waals surface area contributed by atoms with Crippen LogP contribution in [0, 0.1) is 11.6 Å². The van der Waals surface area contributed by atoms with E-state index in [9.17, 15) is 8.78 Å². The van der Waals surface area contributed by atoms with Crippen molar-refractivity contribution >= 4 is 15.9 Å². The Hall–Kier alpha value is -1.46. The van der Waals surface area contributed by atoms with Gasteiger partial charge in [-0.25, -0.2) is 4.39 Å². The fourth-order valence-electron chi connectivity index (χ4n) is 1.68. The minimum absolute atomic E-state index is 0.142. The molecular formula is C15H14BrF2NO. The fraction of sp³-hybridized carbons (Fsp3) is 0.200. The van der Waals surface area contributed by atoms with Crippen LogP contribution in [0.5, 0.6) is 11.5 Å². The molecule has 0 spiro atoms. The molecule has 2 nitrogen and oxygen atoms in total. The summed E-state index contributed by atoms with van der Waals surface area (Å²) in [4.78, 5) is 0. The topological polar surface area (TPSA) is 21.3 Å². The van der Waals surface area contributed by atoms with Crippen LogP contribution in [0.2, 0.25) is 0 Å². The van der Waals surface area contributed by atoms with Crippen LogP contribution in [0.25, 0.3) is 0 Å². The molecule has 0 aromatic heterocycles. The largest absolute Gasteiger partial charge is 0.454 e. The molecule has 20 heavy (non-hydrogen) atoms. The summed E-state index contributed by atoms with van der Waals surface area (Å²) in [7, 11) is 0. The highest BCUT2D eigenvalue weighted by Crippen LogP contribution is 2.29. The van der Waals surface area contributed by atoms with E-state index >= 15 is 0 Å². The summed E-state index contributed by atoms with van der Waals surface area (Å²) in [6.07, 6.45) is 0. The normalized spacial score (nSPS) is 10.6. The molecule has 1 N–H and O–H groups in total. The van der Waals surface area contributed by atoms with Crippen molar-refractivity contribution < 1.29 is 13.5 Å². The van der Waals surface area contributed by atoms with E-state index < -0.39 is 11.6 Å². The third-order valence-corrected chi connectivity index (χ3v) is 3.15. The lowest BCUT2D eigenvalue weighted by Crippen LogP contribution is -2.11. The molecule has 0 atom stereocenters. The van der Waals surface area contributed by atoms with E-state index in [1.165, 1.54) is 6.07 Å². The first-order valence-corrected chi connectivity index (χ1v) is 7.01. The number of hydrogen-bond acceptors (Lipinski definition) is 2. The number of hydrogen-bond donors (Lipinski definition) is 1. The summed E-state index contributed by atoms with van der Waals surface area (Å²) in [5.41, 5.74) is 1.10. The molecule has 0 radical (unpaired) electrons. The summed E-state index contributed by atoms with van der Waals surface area (Å²) < 4.78 is 32.6. The molecule has 0 heterocycles. The second-order valence-electron chi connectivity index (χ2n) is 4.23. The Morgan fingerprint density at radius 3 is 2.50 bits per heavy atom. The van der Waals surface area contributed by atoms with Gasteiger partial charge in [0.2, 0.25) is 5.82 Å². The molecule has 106 valence electrons. The van der Waals surface area contributed by atoms with E-state index in [-0.39, 0.29) is 5.75 Å². The van der Waals surface area contributed by atoms with Gasteiger partial charge in [0, 0.05) is 11.0 Å². The Balaban J connectivity index is 2.14. The predicted octanol–water partition coefficient (Wildman–Crippen LogP) is 4.63. The third kappa shape index (κ3) is 3.77. The summed E-state index contributed by atoms with van der Waals surface area (Å²) in [6, 6.07) is 9.66. The van der Waals surface area contributed by atoms with Gasteiger partial charge in [-0.3, -0.25) is 0 Å². The maximum atomic E-state index is 13.6. The van der Waals surface area contributed by atoms with Crippen molar-refractivity contribution in [3.05, 3.63) is 58.1 Å². The molecule has 0 aliphatic heterocycles. The van der Waals surface area contributed by atoms with Crippen molar-refractivity contribution in [2.75, 3.05) is 6.54 Å². The molecule has 2 aromatic carbocycles. The Morgan fingerprint density at radius 2 is 1.85 bits per heavy atom. The second kappa shape index (κ2) is 6.81. The van der Waals surface area contributed by atoms with Crippen LogP contribution in [-0.2, 0) is 6.54 Å². The van der Waals surface area contributed by atoms with Crippen molar-refractivity contribution in [1.29, 1.82) is 0 Å². The van der Waals surface area contributed by atoms with Crippen molar-refractivity contribution in [3.8, 4) is 11.5 Å². The standard InChI is InChI=1S/C15H14BrF2NO/c1-2-19-9-10-3-5-12(6-4-10)20-14-8-11(16)7-13(17)15(14)18/h3-8,19H,2,9H2,1H3. The van der Waals surface area contributed by atoms with Crippen LogP contribution >= 0.6 is 15.9 Å². The lowest BCUT2D eigenvalue weighted by molar-refractivity contribution is 0.415.